The van der Waals surface area contributed by atoms with Crippen molar-refractivity contribution < 1.29 is 9.53 Å². The molecule has 1 aromatic heterocycles. The van der Waals surface area contributed by atoms with E-state index in [4.69, 9.17) is 4.74 Å². The minimum Gasteiger partial charge on any atom is -0.379 e. The Kier molecular flexibility index (Phi) is 3.51. The Hall–Kier alpha value is -0.710. The van der Waals surface area contributed by atoms with Gasteiger partial charge in [0.05, 0.1) is 19.1 Å². The van der Waals surface area contributed by atoms with Crippen LogP contribution < -0.4 is 5.32 Å². The topological polar surface area (TPSA) is 38.3 Å². The summed E-state index contributed by atoms with van der Waals surface area (Å²) in [4.78, 5) is 12.0. The number of hydrogen-bond donors (Lipinski definition) is 1. The highest BCUT2D eigenvalue weighted by Gasteiger charge is 2.32. The molecule has 0 amide bonds. The molecule has 2 heterocycles. The summed E-state index contributed by atoms with van der Waals surface area (Å²) < 4.78 is 5.32. The first kappa shape index (κ1) is 10.8. The van der Waals surface area contributed by atoms with Gasteiger partial charge >= 0.3 is 0 Å². The first-order valence-corrected chi connectivity index (χ1v) is 6.04. The minimum absolute atomic E-state index is 0.0231. The predicted octanol–water partition coefficient (Wildman–Crippen LogP) is 1.09. The zero-order valence-corrected chi connectivity index (χ0v) is 9.55. The molecule has 2 rings (SSSR count). The lowest BCUT2D eigenvalue weighted by atomic mass is 9.95. The number of carbonyl (C=O) groups excluding carboxylic acids is 1. The average Bonchev–Trinajstić information content (AvgIpc) is 2.86. The second kappa shape index (κ2) is 4.88. The van der Waals surface area contributed by atoms with Gasteiger partial charge in [0.1, 0.15) is 5.78 Å². The molecule has 82 valence electrons. The molecule has 0 saturated carbocycles. The molecule has 1 aliphatic rings. The van der Waals surface area contributed by atoms with E-state index in [0.717, 1.165) is 5.56 Å². The third-order valence-electron chi connectivity index (χ3n) is 2.82. The predicted molar refractivity (Wildman–Crippen MR) is 60.2 cm³/mol. The molecule has 0 aromatic carbocycles. The Bertz CT molecular complexity index is 323. The van der Waals surface area contributed by atoms with E-state index >= 15 is 0 Å². The van der Waals surface area contributed by atoms with Crippen LogP contribution in [0, 0.1) is 5.92 Å². The van der Waals surface area contributed by atoms with Gasteiger partial charge in [0.25, 0.3) is 0 Å². The summed E-state index contributed by atoms with van der Waals surface area (Å²) in [5.74, 6) is 0.306. The van der Waals surface area contributed by atoms with Gasteiger partial charge in [0.15, 0.2) is 0 Å². The van der Waals surface area contributed by atoms with Gasteiger partial charge in [-0.15, -0.1) is 0 Å². The standard InChI is InChI=1S/C11H15NO2S/c1-12-10-6-14-5-9(10)11(13)4-8-2-3-15-7-8/h2-3,7,9-10,12H,4-6H2,1H3. The Morgan fingerprint density at radius 2 is 2.53 bits per heavy atom. The number of hydrogen-bond acceptors (Lipinski definition) is 4. The van der Waals surface area contributed by atoms with Crippen LogP contribution in [0.3, 0.4) is 0 Å². The summed E-state index contributed by atoms with van der Waals surface area (Å²) in [5, 5.41) is 7.16. The lowest BCUT2D eigenvalue weighted by Gasteiger charge is -2.14. The van der Waals surface area contributed by atoms with Gasteiger partial charge in [-0.25, -0.2) is 0 Å². The van der Waals surface area contributed by atoms with Crippen molar-refractivity contribution in [2.75, 3.05) is 20.3 Å². The molecule has 15 heavy (non-hydrogen) atoms. The molecule has 4 heteroatoms. The molecule has 0 aliphatic carbocycles. The van der Waals surface area contributed by atoms with Crippen molar-refractivity contribution in [3.8, 4) is 0 Å². The number of ketones is 1. The summed E-state index contributed by atoms with van der Waals surface area (Å²) in [6.07, 6.45) is 0.537. The summed E-state index contributed by atoms with van der Waals surface area (Å²) >= 11 is 1.63. The fraction of sp³-hybridized carbons (Fsp3) is 0.545. The van der Waals surface area contributed by atoms with Crippen LogP contribution in [0.5, 0.6) is 0 Å². The molecule has 1 aliphatic heterocycles. The van der Waals surface area contributed by atoms with Gasteiger partial charge in [0.2, 0.25) is 0 Å². The van der Waals surface area contributed by atoms with E-state index in [-0.39, 0.29) is 17.7 Å². The number of likely N-dealkylation sites (N-methyl/N-ethyl adjacent to an activating group) is 1. The first-order chi connectivity index (χ1) is 7.31. The van der Waals surface area contributed by atoms with Crippen molar-refractivity contribution in [2.45, 2.75) is 12.5 Å². The van der Waals surface area contributed by atoms with E-state index in [0.29, 0.717) is 19.6 Å². The molecular formula is C11H15NO2S. The fourth-order valence-corrected chi connectivity index (χ4v) is 2.55. The summed E-state index contributed by atoms with van der Waals surface area (Å²) in [5.41, 5.74) is 1.12. The van der Waals surface area contributed by atoms with E-state index < -0.39 is 0 Å². The summed E-state index contributed by atoms with van der Waals surface area (Å²) in [7, 11) is 1.88. The van der Waals surface area contributed by atoms with Gasteiger partial charge in [-0.3, -0.25) is 4.79 Å². The zero-order valence-electron chi connectivity index (χ0n) is 8.73. The Labute approximate surface area is 93.4 Å². The van der Waals surface area contributed by atoms with Crippen LogP contribution in [0.2, 0.25) is 0 Å². The Morgan fingerprint density at radius 3 is 3.20 bits per heavy atom. The molecule has 3 nitrogen and oxygen atoms in total. The molecule has 2 unspecified atom stereocenters. The van der Waals surface area contributed by atoms with E-state index in [2.05, 4.69) is 5.32 Å². The number of ether oxygens (including phenoxy) is 1. The van der Waals surface area contributed by atoms with Crippen LogP contribution >= 0.6 is 11.3 Å². The lowest BCUT2D eigenvalue weighted by molar-refractivity contribution is -0.122. The Balaban J connectivity index is 1.96. The van der Waals surface area contributed by atoms with Crippen LogP contribution in [0.1, 0.15) is 5.56 Å². The highest BCUT2D eigenvalue weighted by molar-refractivity contribution is 7.07. The number of Topliss-reactive ketones (excluding diaryl/α,β-unsaturated/α-hetero) is 1. The average molecular weight is 225 g/mol. The van der Waals surface area contributed by atoms with Gasteiger partial charge in [-0.05, 0) is 29.4 Å². The highest BCUT2D eigenvalue weighted by atomic mass is 32.1. The molecule has 0 bridgehead atoms. The van der Waals surface area contributed by atoms with Crippen LogP contribution in [-0.4, -0.2) is 32.1 Å². The van der Waals surface area contributed by atoms with Crippen molar-refractivity contribution in [2.24, 2.45) is 5.92 Å². The smallest absolute Gasteiger partial charge is 0.144 e. The van der Waals surface area contributed by atoms with Crippen LogP contribution in [0.25, 0.3) is 0 Å². The van der Waals surface area contributed by atoms with E-state index in [1.807, 2.05) is 23.9 Å². The van der Waals surface area contributed by atoms with Crippen molar-refractivity contribution in [1.82, 2.24) is 5.32 Å². The van der Waals surface area contributed by atoms with E-state index in [1.165, 1.54) is 0 Å². The second-order valence-electron chi connectivity index (χ2n) is 3.81. The van der Waals surface area contributed by atoms with Crippen LogP contribution in [0.15, 0.2) is 16.8 Å². The largest absolute Gasteiger partial charge is 0.379 e. The molecule has 0 spiro atoms. The van der Waals surface area contributed by atoms with Gasteiger partial charge < -0.3 is 10.1 Å². The highest BCUT2D eigenvalue weighted by Crippen LogP contribution is 2.17. The molecular weight excluding hydrogens is 210 g/mol. The third kappa shape index (κ3) is 2.45. The number of thiophene rings is 1. The minimum atomic E-state index is 0.0231. The molecule has 1 aromatic rings. The third-order valence-corrected chi connectivity index (χ3v) is 3.56. The van der Waals surface area contributed by atoms with Crippen molar-refractivity contribution in [3.63, 3.8) is 0 Å². The van der Waals surface area contributed by atoms with Gasteiger partial charge in [0, 0.05) is 12.5 Å². The van der Waals surface area contributed by atoms with Crippen LogP contribution in [0.4, 0.5) is 0 Å². The van der Waals surface area contributed by atoms with Gasteiger partial charge in [-0.2, -0.15) is 11.3 Å². The number of carbonyl (C=O) groups is 1. The lowest BCUT2D eigenvalue weighted by Crippen LogP contribution is -2.37. The molecule has 2 atom stereocenters. The maximum absolute atomic E-state index is 12.0. The maximum atomic E-state index is 12.0. The number of nitrogens with one attached hydrogen (secondary N) is 1. The Morgan fingerprint density at radius 1 is 1.67 bits per heavy atom. The normalized spacial score (nSPS) is 25.7. The second-order valence-corrected chi connectivity index (χ2v) is 4.59. The SMILES string of the molecule is CNC1COCC1C(=O)Cc1ccsc1. The fourth-order valence-electron chi connectivity index (χ4n) is 1.88. The molecule has 1 saturated heterocycles. The maximum Gasteiger partial charge on any atom is 0.144 e. The van der Waals surface area contributed by atoms with Crippen LogP contribution in [-0.2, 0) is 16.0 Å². The number of rotatable bonds is 4. The molecule has 0 radical (unpaired) electrons. The van der Waals surface area contributed by atoms with Gasteiger partial charge in [-0.1, -0.05) is 0 Å². The summed E-state index contributed by atoms with van der Waals surface area (Å²) in [6, 6.07) is 2.20. The molecule has 1 N–H and O–H groups in total. The van der Waals surface area contributed by atoms with Crippen molar-refractivity contribution in [3.05, 3.63) is 22.4 Å². The summed E-state index contributed by atoms with van der Waals surface area (Å²) in [6.45, 7) is 1.21. The first-order valence-electron chi connectivity index (χ1n) is 5.10. The van der Waals surface area contributed by atoms with E-state index in [9.17, 15) is 4.79 Å². The zero-order chi connectivity index (χ0) is 10.7. The van der Waals surface area contributed by atoms with Crippen molar-refractivity contribution >= 4 is 17.1 Å². The van der Waals surface area contributed by atoms with E-state index in [1.54, 1.807) is 11.3 Å². The quantitative estimate of drug-likeness (QED) is 0.833. The monoisotopic (exact) mass is 225 g/mol. The molecule has 1 fully saturated rings. The van der Waals surface area contributed by atoms with Crippen molar-refractivity contribution in [1.29, 1.82) is 0 Å².